The molecule has 1 atom stereocenters. The molecule has 1 aliphatic carbocycles. The number of benzene rings is 3. The van der Waals surface area contributed by atoms with E-state index in [1.807, 2.05) is 0 Å². The van der Waals surface area contributed by atoms with Crippen molar-refractivity contribution in [3.63, 3.8) is 0 Å². The molecule has 2 nitrogen and oxygen atoms in total. The summed E-state index contributed by atoms with van der Waals surface area (Å²) in [5.41, 5.74) is 4.58. The first kappa shape index (κ1) is 18.2. The third-order valence-corrected chi connectivity index (χ3v) is 5.22. The van der Waals surface area contributed by atoms with Gasteiger partial charge in [-0.1, -0.05) is 55.5 Å². The minimum Gasteiger partial charge on any atom is -0.478 e. The number of aryl methyl sites for hydroxylation is 2. The van der Waals surface area contributed by atoms with Gasteiger partial charge in [0.05, 0.1) is 0 Å². The van der Waals surface area contributed by atoms with E-state index >= 15 is 0 Å². The van der Waals surface area contributed by atoms with Gasteiger partial charge in [-0.25, -0.2) is 4.79 Å². The van der Waals surface area contributed by atoms with E-state index in [1.165, 1.54) is 52.4 Å². The molecular formula is C24H26O2. The van der Waals surface area contributed by atoms with Crippen LogP contribution >= 0.6 is 0 Å². The summed E-state index contributed by atoms with van der Waals surface area (Å²) in [6, 6.07) is 15.9. The fourth-order valence-electron chi connectivity index (χ4n) is 3.96. The lowest BCUT2D eigenvalue weighted by atomic mass is 9.81. The highest BCUT2D eigenvalue weighted by Crippen LogP contribution is 2.35. The van der Waals surface area contributed by atoms with Crippen LogP contribution in [0, 0.1) is 12.8 Å². The molecule has 3 aromatic rings. The van der Waals surface area contributed by atoms with Gasteiger partial charge in [-0.15, -0.1) is 0 Å². The summed E-state index contributed by atoms with van der Waals surface area (Å²) in [5.74, 6) is -0.0565. The van der Waals surface area contributed by atoms with Gasteiger partial charge in [-0.2, -0.15) is 0 Å². The number of hydrogen-bond donors (Lipinski definition) is 1. The van der Waals surface area contributed by atoms with Gasteiger partial charge in [0, 0.05) is 6.08 Å². The van der Waals surface area contributed by atoms with Crippen molar-refractivity contribution in [2.24, 2.45) is 5.92 Å². The van der Waals surface area contributed by atoms with E-state index < -0.39 is 5.97 Å². The molecule has 0 heterocycles. The van der Waals surface area contributed by atoms with Gasteiger partial charge in [0.2, 0.25) is 0 Å². The van der Waals surface area contributed by atoms with E-state index in [1.54, 1.807) is 18.1 Å². The maximum atomic E-state index is 9.51. The van der Waals surface area contributed by atoms with Crippen molar-refractivity contribution in [1.29, 1.82) is 0 Å². The monoisotopic (exact) mass is 346 g/mol. The lowest BCUT2D eigenvalue weighted by Crippen LogP contribution is -2.11. The van der Waals surface area contributed by atoms with Gasteiger partial charge in [0.25, 0.3) is 0 Å². The number of rotatable bonds is 1. The van der Waals surface area contributed by atoms with Crippen LogP contribution in [-0.2, 0) is 17.6 Å². The van der Waals surface area contributed by atoms with Crippen LogP contribution in [0.2, 0.25) is 0 Å². The smallest absolute Gasteiger partial charge is 0.327 e. The molecule has 0 aliphatic heterocycles. The summed E-state index contributed by atoms with van der Waals surface area (Å²) in [6.07, 6.45) is 6.38. The molecule has 2 heteroatoms. The minimum atomic E-state index is -0.891. The molecule has 134 valence electrons. The van der Waals surface area contributed by atoms with Crippen molar-refractivity contribution >= 4 is 27.5 Å². The molecule has 0 amide bonds. The Bertz CT molecular complexity index is 982. The SMILES string of the molecule is CC=CC(=O)O.Cc1cc2c3c(ccc2c2ccccc12)CC(C)CC3. The minimum absolute atomic E-state index is 0.835. The topological polar surface area (TPSA) is 37.3 Å². The summed E-state index contributed by atoms with van der Waals surface area (Å²) >= 11 is 0. The molecule has 4 rings (SSSR count). The standard InChI is InChI=1S/C20H20.C4H6O2/c1-13-7-9-17-15(11-13)8-10-19-18-6-4-3-5-16(18)14(2)12-20(17)19;1-2-3-4(5)6/h3-6,8,10,12-13H,7,9,11H2,1-2H3;2-3H,1H3,(H,5,6). The van der Waals surface area contributed by atoms with Crippen LogP contribution in [0.5, 0.6) is 0 Å². The molecule has 1 aliphatic rings. The van der Waals surface area contributed by atoms with Gasteiger partial charge in [0.1, 0.15) is 0 Å². The normalized spacial score (nSPS) is 16.3. The Morgan fingerprint density at radius 1 is 1.08 bits per heavy atom. The van der Waals surface area contributed by atoms with Crippen LogP contribution in [0.4, 0.5) is 0 Å². The van der Waals surface area contributed by atoms with Crippen LogP contribution in [0.3, 0.4) is 0 Å². The molecule has 26 heavy (non-hydrogen) atoms. The van der Waals surface area contributed by atoms with E-state index in [-0.39, 0.29) is 0 Å². The van der Waals surface area contributed by atoms with Crippen molar-refractivity contribution in [2.45, 2.75) is 40.0 Å². The highest BCUT2D eigenvalue weighted by Gasteiger charge is 2.18. The van der Waals surface area contributed by atoms with E-state index in [2.05, 4.69) is 56.3 Å². The summed E-state index contributed by atoms with van der Waals surface area (Å²) in [5, 5.41) is 13.5. The highest BCUT2D eigenvalue weighted by atomic mass is 16.4. The van der Waals surface area contributed by atoms with E-state index in [0.717, 1.165) is 12.0 Å². The van der Waals surface area contributed by atoms with Gasteiger partial charge in [0.15, 0.2) is 0 Å². The van der Waals surface area contributed by atoms with Crippen molar-refractivity contribution in [1.82, 2.24) is 0 Å². The van der Waals surface area contributed by atoms with Crippen LogP contribution in [0.25, 0.3) is 21.5 Å². The number of allylic oxidation sites excluding steroid dienone is 1. The molecule has 1 unspecified atom stereocenters. The van der Waals surface area contributed by atoms with Gasteiger partial charge < -0.3 is 5.11 Å². The molecule has 0 aromatic heterocycles. The Hall–Kier alpha value is -2.61. The average Bonchev–Trinajstić information content (AvgIpc) is 2.62. The Morgan fingerprint density at radius 2 is 1.77 bits per heavy atom. The quantitative estimate of drug-likeness (QED) is 0.429. The van der Waals surface area contributed by atoms with Gasteiger partial charge in [-0.05, 0) is 77.3 Å². The summed E-state index contributed by atoms with van der Waals surface area (Å²) in [4.78, 5) is 9.51. The van der Waals surface area contributed by atoms with E-state index in [9.17, 15) is 4.79 Å². The molecule has 1 N–H and O–H groups in total. The number of carboxylic acid groups (broad SMARTS) is 1. The zero-order chi connectivity index (χ0) is 18.7. The number of fused-ring (bicyclic) bond motifs is 5. The zero-order valence-electron chi connectivity index (χ0n) is 15.8. The predicted octanol–water partition coefficient (Wildman–Crippen LogP) is 6.07. The van der Waals surface area contributed by atoms with Crippen LogP contribution in [0.15, 0.2) is 54.6 Å². The lowest BCUT2D eigenvalue weighted by molar-refractivity contribution is -0.131. The zero-order valence-corrected chi connectivity index (χ0v) is 15.8. The second-order valence-corrected chi connectivity index (χ2v) is 7.22. The fourth-order valence-corrected chi connectivity index (χ4v) is 3.96. The van der Waals surface area contributed by atoms with E-state index in [0.29, 0.717) is 0 Å². The second kappa shape index (κ2) is 7.74. The maximum Gasteiger partial charge on any atom is 0.327 e. The van der Waals surface area contributed by atoms with E-state index in [4.69, 9.17) is 5.11 Å². The number of aliphatic carboxylic acids is 1. The average molecular weight is 346 g/mol. The Morgan fingerprint density at radius 3 is 2.42 bits per heavy atom. The highest BCUT2D eigenvalue weighted by molar-refractivity contribution is 6.10. The van der Waals surface area contributed by atoms with Crippen LogP contribution < -0.4 is 0 Å². The summed E-state index contributed by atoms with van der Waals surface area (Å²) in [6.45, 7) is 6.28. The fraction of sp³-hybridized carbons (Fsp3) is 0.292. The number of carbonyl (C=O) groups is 1. The van der Waals surface area contributed by atoms with Crippen molar-refractivity contribution < 1.29 is 9.90 Å². The molecular weight excluding hydrogens is 320 g/mol. The summed E-state index contributed by atoms with van der Waals surface area (Å²) < 4.78 is 0. The molecule has 0 saturated carbocycles. The van der Waals surface area contributed by atoms with Crippen molar-refractivity contribution in [3.05, 3.63) is 71.3 Å². The Labute approximate surface area is 155 Å². The van der Waals surface area contributed by atoms with Crippen molar-refractivity contribution in [2.75, 3.05) is 0 Å². The van der Waals surface area contributed by atoms with Gasteiger partial charge >= 0.3 is 5.97 Å². The third kappa shape index (κ3) is 3.65. The largest absolute Gasteiger partial charge is 0.478 e. The molecule has 3 aromatic carbocycles. The molecule has 0 fully saturated rings. The van der Waals surface area contributed by atoms with Crippen LogP contribution in [-0.4, -0.2) is 11.1 Å². The second-order valence-electron chi connectivity index (χ2n) is 7.22. The number of carboxylic acids is 1. The molecule has 0 bridgehead atoms. The first-order valence-corrected chi connectivity index (χ1v) is 9.29. The first-order valence-electron chi connectivity index (χ1n) is 9.29. The van der Waals surface area contributed by atoms with Gasteiger partial charge in [-0.3, -0.25) is 0 Å². The third-order valence-electron chi connectivity index (χ3n) is 5.22. The molecule has 0 radical (unpaired) electrons. The Kier molecular flexibility index (Phi) is 5.41. The summed E-state index contributed by atoms with van der Waals surface area (Å²) in [7, 11) is 0. The lowest BCUT2D eigenvalue weighted by Gasteiger charge is -2.23. The maximum absolute atomic E-state index is 9.51. The molecule has 0 spiro atoms. The first-order chi connectivity index (χ1) is 12.5. The molecule has 0 saturated heterocycles. The van der Waals surface area contributed by atoms with Crippen LogP contribution in [0.1, 0.15) is 37.0 Å². The van der Waals surface area contributed by atoms with Crippen molar-refractivity contribution in [3.8, 4) is 0 Å². The Balaban J connectivity index is 0.000000286. The predicted molar refractivity (Wildman–Crippen MR) is 110 cm³/mol. The number of hydrogen-bond acceptors (Lipinski definition) is 1.